The molecule has 0 aliphatic carbocycles. The Morgan fingerprint density at radius 1 is 0.545 bits per heavy atom. The van der Waals surface area contributed by atoms with Crippen LogP contribution in [0.2, 0.25) is 0 Å². The van der Waals surface area contributed by atoms with Gasteiger partial charge in [-0.3, -0.25) is 0 Å². The lowest BCUT2D eigenvalue weighted by atomic mass is 10.1. The highest BCUT2D eigenvalue weighted by atomic mass is 79.9. The molecule has 0 aliphatic heterocycles. The highest BCUT2D eigenvalue weighted by Gasteiger charge is 1.95. The van der Waals surface area contributed by atoms with E-state index in [-0.39, 0.29) is 0 Å². The fourth-order valence-electron chi connectivity index (χ4n) is 3.93. The minimum atomic E-state index is 0.788. The van der Waals surface area contributed by atoms with Gasteiger partial charge in [0.15, 0.2) is 0 Å². The van der Waals surface area contributed by atoms with E-state index in [0.717, 1.165) is 24.5 Å². The maximum atomic E-state index is 5.68. The number of nitrogens with two attached hydrogens (primary N) is 1. The van der Waals surface area contributed by atoms with Crippen molar-refractivity contribution in [3.05, 3.63) is 24.3 Å². The van der Waals surface area contributed by atoms with E-state index in [1.165, 1.54) is 127 Å². The molecule has 0 aliphatic rings. The van der Waals surface area contributed by atoms with Crippen molar-refractivity contribution in [1.29, 1.82) is 0 Å². The first-order chi connectivity index (χ1) is 16.2. The molecule has 1 rings (SSSR count). The highest BCUT2D eigenvalue weighted by Crippen LogP contribution is 2.15. The van der Waals surface area contributed by atoms with Gasteiger partial charge >= 0.3 is 0 Å². The SMILES string of the molecule is CCCCCCCCCCCCBr.CCCCCCCCCCCCOc1ccc(N)cc1. The summed E-state index contributed by atoms with van der Waals surface area (Å²) in [6, 6.07) is 7.64. The predicted octanol–water partition coefficient (Wildman–Crippen LogP) is 10.9. The minimum Gasteiger partial charge on any atom is -0.494 e. The van der Waals surface area contributed by atoms with Gasteiger partial charge in [-0.2, -0.15) is 0 Å². The lowest BCUT2D eigenvalue weighted by Gasteiger charge is -2.06. The standard InChI is InChI=1S/C18H31NO.C12H25Br/c1-2-3-4-5-6-7-8-9-10-11-16-20-18-14-12-17(19)13-15-18;1-2-3-4-5-6-7-8-9-10-11-12-13/h12-15H,2-11,16,19H2,1H3;2-12H2,1H3. The van der Waals surface area contributed by atoms with Gasteiger partial charge in [-0.15, -0.1) is 0 Å². The number of unbranched alkanes of at least 4 members (excludes halogenated alkanes) is 18. The lowest BCUT2D eigenvalue weighted by Crippen LogP contribution is -1.97. The van der Waals surface area contributed by atoms with Crippen LogP contribution in [0.3, 0.4) is 0 Å². The highest BCUT2D eigenvalue weighted by molar-refractivity contribution is 9.09. The summed E-state index contributed by atoms with van der Waals surface area (Å²) in [5.41, 5.74) is 6.42. The molecule has 0 saturated heterocycles. The van der Waals surface area contributed by atoms with E-state index in [1.807, 2.05) is 24.3 Å². The number of nitrogen functional groups attached to an aromatic ring is 1. The molecular formula is C30H56BrNO. The monoisotopic (exact) mass is 525 g/mol. The fraction of sp³-hybridized carbons (Fsp3) is 0.800. The molecule has 2 N–H and O–H groups in total. The summed E-state index contributed by atoms with van der Waals surface area (Å²) in [5, 5.41) is 1.18. The van der Waals surface area contributed by atoms with Crippen molar-refractivity contribution >= 4 is 21.6 Å². The zero-order chi connectivity index (χ0) is 24.2. The van der Waals surface area contributed by atoms with Gasteiger partial charge in [-0.05, 0) is 37.1 Å². The molecule has 0 saturated carbocycles. The van der Waals surface area contributed by atoms with Crippen LogP contribution in [0.1, 0.15) is 142 Å². The third-order valence-electron chi connectivity index (χ3n) is 6.13. The Balaban J connectivity index is 0.000000684. The Bertz CT molecular complexity index is 467. The second-order valence-corrected chi connectivity index (χ2v) is 10.3. The Morgan fingerprint density at radius 3 is 1.30 bits per heavy atom. The van der Waals surface area contributed by atoms with Crippen molar-refractivity contribution in [3.8, 4) is 5.75 Å². The molecule has 194 valence electrons. The smallest absolute Gasteiger partial charge is 0.119 e. The molecule has 0 fully saturated rings. The van der Waals surface area contributed by atoms with Crippen LogP contribution >= 0.6 is 15.9 Å². The number of benzene rings is 1. The first-order valence-corrected chi connectivity index (χ1v) is 15.4. The topological polar surface area (TPSA) is 35.2 Å². The van der Waals surface area contributed by atoms with Crippen molar-refractivity contribution in [2.75, 3.05) is 17.7 Å². The van der Waals surface area contributed by atoms with E-state index in [1.54, 1.807) is 0 Å². The van der Waals surface area contributed by atoms with Gasteiger partial charge in [0, 0.05) is 11.0 Å². The van der Waals surface area contributed by atoms with E-state index in [0.29, 0.717) is 0 Å². The predicted molar refractivity (Wildman–Crippen MR) is 154 cm³/mol. The number of anilines is 1. The van der Waals surface area contributed by atoms with Crippen LogP contribution in [0.4, 0.5) is 5.69 Å². The number of rotatable bonds is 22. The van der Waals surface area contributed by atoms with Crippen LogP contribution in [-0.4, -0.2) is 11.9 Å². The summed E-state index contributed by atoms with van der Waals surface area (Å²) in [6.45, 7) is 5.37. The average molecular weight is 527 g/mol. The van der Waals surface area contributed by atoms with Crippen LogP contribution in [-0.2, 0) is 0 Å². The zero-order valence-corrected chi connectivity index (χ0v) is 23.8. The maximum Gasteiger partial charge on any atom is 0.119 e. The number of ether oxygens (including phenoxy) is 1. The van der Waals surface area contributed by atoms with E-state index in [9.17, 15) is 0 Å². The minimum absolute atomic E-state index is 0.788. The molecular weight excluding hydrogens is 470 g/mol. The normalized spacial score (nSPS) is 10.6. The fourth-order valence-corrected chi connectivity index (χ4v) is 4.32. The summed E-state index contributed by atoms with van der Waals surface area (Å²) >= 11 is 3.46. The molecule has 0 atom stereocenters. The Hall–Kier alpha value is -0.700. The van der Waals surface area contributed by atoms with Crippen molar-refractivity contribution < 1.29 is 4.74 Å². The second-order valence-electron chi connectivity index (χ2n) is 9.47. The van der Waals surface area contributed by atoms with E-state index < -0.39 is 0 Å². The van der Waals surface area contributed by atoms with E-state index >= 15 is 0 Å². The third kappa shape index (κ3) is 25.8. The molecule has 0 heterocycles. The summed E-state index contributed by atoms with van der Waals surface area (Å²) in [4.78, 5) is 0. The molecule has 2 nitrogen and oxygen atoms in total. The summed E-state index contributed by atoms with van der Waals surface area (Å²) < 4.78 is 5.68. The second kappa shape index (κ2) is 27.5. The summed E-state index contributed by atoms with van der Waals surface area (Å²) in [7, 11) is 0. The Labute approximate surface area is 216 Å². The average Bonchev–Trinajstić information content (AvgIpc) is 2.83. The Kier molecular flexibility index (Phi) is 27.0. The van der Waals surface area contributed by atoms with Gasteiger partial charge in [-0.25, -0.2) is 0 Å². The van der Waals surface area contributed by atoms with Crippen LogP contribution in [0, 0.1) is 0 Å². The van der Waals surface area contributed by atoms with E-state index in [2.05, 4.69) is 29.8 Å². The van der Waals surface area contributed by atoms with Crippen LogP contribution in [0.5, 0.6) is 5.75 Å². The number of alkyl halides is 1. The molecule has 0 bridgehead atoms. The Morgan fingerprint density at radius 2 is 0.909 bits per heavy atom. The third-order valence-corrected chi connectivity index (χ3v) is 6.69. The first-order valence-electron chi connectivity index (χ1n) is 14.3. The number of halogens is 1. The van der Waals surface area contributed by atoms with Crippen LogP contribution < -0.4 is 10.5 Å². The van der Waals surface area contributed by atoms with E-state index in [4.69, 9.17) is 10.5 Å². The zero-order valence-electron chi connectivity index (χ0n) is 22.2. The molecule has 0 unspecified atom stereocenters. The molecule has 1 aromatic rings. The van der Waals surface area contributed by atoms with Crippen molar-refractivity contribution in [2.24, 2.45) is 0 Å². The molecule has 0 spiro atoms. The van der Waals surface area contributed by atoms with Crippen LogP contribution in [0.25, 0.3) is 0 Å². The number of hydrogen-bond donors (Lipinski definition) is 1. The van der Waals surface area contributed by atoms with Gasteiger partial charge in [0.1, 0.15) is 5.75 Å². The largest absolute Gasteiger partial charge is 0.494 e. The molecule has 3 heteroatoms. The molecule has 0 aromatic heterocycles. The summed E-state index contributed by atoms with van der Waals surface area (Å²) in [6.07, 6.45) is 27.9. The maximum absolute atomic E-state index is 5.68. The molecule has 0 amide bonds. The van der Waals surface area contributed by atoms with Crippen LogP contribution in [0.15, 0.2) is 24.3 Å². The van der Waals surface area contributed by atoms with Gasteiger partial charge in [0.2, 0.25) is 0 Å². The van der Waals surface area contributed by atoms with Crippen molar-refractivity contribution in [2.45, 2.75) is 142 Å². The molecule has 0 radical (unpaired) electrons. The quantitative estimate of drug-likeness (QED) is 0.0926. The molecule has 33 heavy (non-hydrogen) atoms. The summed E-state index contributed by atoms with van der Waals surface area (Å²) in [5.74, 6) is 0.926. The van der Waals surface area contributed by atoms with Crippen molar-refractivity contribution in [1.82, 2.24) is 0 Å². The van der Waals surface area contributed by atoms with Gasteiger partial charge in [0.05, 0.1) is 6.61 Å². The van der Waals surface area contributed by atoms with Gasteiger partial charge in [-0.1, -0.05) is 145 Å². The van der Waals surface area contributed by atoms with Gasteiger partial charge in [0.25, 0.3) is 0 Å². The lowest BCUT2D eigenvalue weighted by molar-refractivity contribution is 0.304. The first kappa shape index (κ1) is 32.3. The number of hydrogen-bond acceptors (Lipinski definition) is 2. The van der Waals surface area contributed by atoms with Gasteiger partial charge < -0.3 is 10.5 Å². The van der Waals surface area contributed by atoms with Crippen molar-refractivity contribution in [3.63, 3.8) is 0 Å². The molecule has 1 aromatic carbocycles.